The molecule has 1 saturated heterocycles. The minimum atomic E-state index is -1.89. The number of amides is 2. The molecule has 1 aliphatic rings. The standard InChI is InChI=1S/C30H36N6O4S/c1-18-10-11-25-23(13-18)32-19(2)36(25)16-21-17-41-26(33-21)15-31-29(39)27(37)28(38)30(40)35-12-6-9-24(35)20-7-5-8-22(14-20)34(3)4/h5,7-8,10-11,13-14,17,24,27-28,37-38H,6,9,12,15-16H2,1-4H3,(H,31,39). The van der Waals surface area contributed by atoms with Gasteiger partial charge in [0.05, 0.1) is 35.9 Å². The van der Waals surface area contributed by atoms with Crippen LogP contribution in [0.4, 0.5) is 5.69 Å². The lowest BCUT2D eigenvalue weighted by Gasteiger charge is -2.29. The monoisotopic (exact) mass is 576 g/mol. The number of carbonyl (C=O) groups is 2. The molecule has 0 saturated carbocycles. The third kappa shape index (κ3) is 6.12. The summed E-state index contributed by atoms with van der Waals surface area (Å²) in [6.45, 7) is 5.07. The number of likely N-dealkylation sites (tertiary alicyclic amines) is 1. The molecule has 1 fully saturated rings. The van der Waals surface area contributed by atoms with Gasteiger partial charge in [-0.25, -0.2) is 9.97 Å². The third-order valence-electron chi connectivity index (χ3n) is 7.56. The van der Waals surface area contributed by atoms with Gasteiger partial charge in [0.1, 0.15) is 10.8 Å². The number of benzene rings is 2. The van der Waals surface area contributed by atoms with Crippen molar-refractivity contribution in [1.82, 2.24) is 24.8 Å². The number of anilines is 1. The average Bonchev–Trinajstić information content (AvgIpc) is 3.70. The predicted molar refractivity (Wildman–Crippen MR) is 159 cm³/mol. The summed E-state index contributed by atoms with van der Waals surface area (Å²) in [7, 11) is 3.90. The third-order valence-corrected chi connectivity index (χ3v) is 8.45. The Balaban J connectivity index is 1.18. The van der Waals surface area contributed by atoms with E-state index in [0.717, 1.165) is 52.2 Å². The summed E-state index contributed by atoms with van der Waals surface area (Å²) in [6, 6.07) is 13.8. The first-order valence-electron chi connectivity index (χ1n) is 13.7. The highest BCUT2D eigenvalue weighted by Gasteiger charge is 2.38. The molecule has 0 radical (unpaired) electrons. The number of aromatic nitrogens is 3. The van der Waals surface area contributed by atoms with E-state index in [2.05, 4.69) is 38.1 Å². The fourth-order valence-corrected chi connectivity index (χ4v) is 6.05. The Kier molecular flexibility index (Phi) is 8.39. The summed E-state index contributed by atoms with van der Waals surface area (Å²) in [4.78, 5) is 38.7. The lowest BCUT2D eigenvalue weighted by Crippen LogP contribution is -2.50. The normalized spacial score (nSPS) is 16.6. The fraction of sp³-hybridized carbons (Fsp3) is 0.400. The molecule has 0 spiro atoms. The van der Waals surface area contributed by atoms with Crippen molar-refractivity contribution in [2.24, 2.45) is 0 Å². The number of nitrogens with one attached hydrogen (secondary N) is 1. The Labute approximate surface area is 243 Å². The first-order valence-corrected chi connectivity index (χ1v) is 14.6. The molecule has 2 amide bonds. The molecule has 2 aromatic heterocycles. The Morgan fingerprint density at radius 1 is 1.12 bits per heavy atom. The fourth-order valence-electron chi connectivity index (χ4n) is 5.33. The average molecular weight is 577 g/mol. The van der Waals surface area contributed by atoms with Gasteiger partial charge in [0.25, 0.3) is 11.8 Å². The van der Waals surface area contributed by atoms with Crippen molar-refractivity contribution in [3.63, 3.8) is 0 Å². The van der Waals surface area contributed by atoms with Crippen LogP contribution < -0.4 is 10.2 Å². The summed E-state index contributed by atoms with van der Waals surface area (Å²) in [5.41, 5.74) is 5.92. The van der Waals surface area contributed by atoms with E-state index in [1.54, 1.807) is 4.90 Å². The van der Waals surface area contributed by atoms with Crippen molar-refractivity contribution in [3.05, 3.63) is 75.5 Å². The van der Waals surface area contributed by atoms with Crippen LogP contribution in [0.1, 0.15) is 46.5 Å². The zero-order chi connectivity index (χ0) is 29.3. The summed E-state index contributed by atoms with van der Waals surface area (Å²) < 4.78 is 2.10. The van der Waals surface area contributed by atoms with Gasteiger partial charge in [-0.15, -0.1) is 11.3 Å². The van der Waals surface area contributed by atoms with Gasteiger partial charge in [-0.1, -0.05) is 18.2 Å². The molecule has 3 unspecified atom stereocenters. The van der Waals surface area contributed by atoms with Crippen LogP contribution in [0.5, 0.6) is 0 Å². The van der Waals surface area contributed by atoms with E-state index < -0.39 is 24.0 Å². The van der Waals surface area contributed by atoms with Gasteiger partial charge < -0.3 is 29.9 Å². The van der Waals surface area contributed by atoms with Gasteiger partial charge in [-0.2, -0.15) is 0 Å². The minimum absolute atomic E-state index is 0.0774. The molecule has 0 bridgehead atoms. The maximum atomic E-state index is 13.2. The van der Waals surface area contributed by atoms with Crippen LogP contribution in [0.25, 0.3) is 11.0 Å². The molecule has 5 rings (SSSR count). The van der Waals surface area contributed by atoms with Crippen LogP contribution in [0.2, 0.25) is 0 Å². The van der Waals surface area contributed by atoms with Crippen LogP contribution in [-0.2, 0) is 22.7 Å². The summed E-state index contributed by atoms with van der Waals surface area (Å²) in [6.07, 6.45) is -2.23. The zero-order valence-corrected chi connectivity index (χ0v) is 24.6. The molecule has 3 heterocycles. The van der Waals surface area contributed by atoms with Crippen molar-refractivity contribution < 1.29 is 19.8 Å². The molecule has 10 nitrogen and oxygen atoms in total. The van der Waals surface area contributed by atoms with Gasteiger partial charge in [0.2, 0.25) is 0 Å². The number of nitrogens with zero attached hydrogens (tertiary/aromatic N) is 5. The molecule has 2 aromatic carbocycles. The van der Waals surface area contributed by atoms with E-state index >= 15 is 0 Å². The highest BCUT2D eigenvalue weighted by molar-refractivity contribution is 7.09. The summed E-state index contributed by atoms with van der Waals surface area (Å²) in [5.74, 6) is -0.583. The number of carbonyl (C=O) groups excluding carboxylic acids is 2. The number of thiazole rings is 1. The molecule has 3 atom stereocenters. The Hall–Kier alpha value is -3.80. The highest BCUT2D eigenvalue weighted by atomic mass is 32.1. The second kappa shape index (κ2) is 12.0. The number of hydrogen-bond donors (Lipinski definition) is 3. The van der Waals surface area contributed by atoms with E-state index in [9.17, 15) is 19.8 Å². The number of hydrogen-bond acceptors (Lipinski definition) is 8. The van der Waals surface area contributed by atoms with Gasteiger partial charge >= 0.3 is 0 Å². The SMILES string of the molecule is Cc1ccc2c(c1)nc(C)n2Cc1csc(CNC(=O)C(O)C(O)C(=O)N2CCCC2c2cccc(N(C)C)c2)n1. The molecule has 0 aliphatic carbocycles. The minimum Gasteiger partial charge on any atom is -0.380 e. The molecule has 4 aromatic rings. The number of aliphatic hydroxyl groups excluding tert-OH is 2. The quantitative estimate of drug-likeness (QED) is 0.280. The Bertz CT molecular complexity index is 1560. The maximum Gasteiger partial charge on any atom is 0.255 e. The van der Waals surface area contributed by atoms with Crippen LogP contribution >= 0.6 is 11.3 Å². The number of aryl methyl sites for hydroxylation is 2. The highest BCUT2D eigenvalue weighted by Crippen LogP contribution is 2.34. The van der Waals surface area contributed by atoms with Crippen LogP contribution in [-0.4, -0.2) is 74.3 Å². The predicted octanol–water partition coefficient (Wildman–Crippen LogP) is 2.93. The molecular formula is C30H36N6O4S. The molecule has 3 N–H and O–H groups in total. The van der Waals surface area contributed by atoms with Gasteiger partial charge in [0.15, 0.2) is 12.2 Å². The number of rotatable bonds is 9. The van der Waals surface area contributed by atoms with Crippen LogP contribution in [0.3, 0.4) is 0 Å². The summed E-state index contributed by atoms with van der Waals surface area (Å²) in [5, 5.41) is 26.4. The van der Waals surface area contributed by atoms with Crippen LogP contribution in [0.15, 0.2) is 47.8 Å². The van der Waals surface area contributed by atoms with Gasteiger partial charge in [-0.3, -0.25) is 9.59 Å². The largest absolute Gasteiger partial charge is 0.380 e. The lowest BCUT2D eigenvalue weighted by molar-refractivity contribution is -0.153. The topological polar surface area (TPSA) is 124 Å². The zero-order valence-electron chi connectivity index (χ0n) is 23.7. The molecule has 41 heavy (non-hydrogen) atoms. The maximum absolute atomic E-state index is 13.2. The lowest BCUT2D eigenvalue weighted by atomic mass is 10.0. The van der Waals surface area contributed by atoms with E-state index in [1.807, 2.05) is 62.5 Å². The molecule has 11 heteroatoms. The van der Waals surface area contributed by atoms with E-state index in [0.29, 0.717) is 18.1 Å². The first-order chi connectivity index (χ1) is 19.6. The van der Waals surface area contributed by atoms with Gasteiger partial charge in [0, 0.05) is 31.7 Å². The van der Waals surface area contributed by atoms with Crippen molar-refractivity contribution in [1.29, 1.82) is 0 Å². The van der Waals surface area contributed by atoms with Crippen molar-refractivity contribution in [3.8, 4) is 0 Å². The van der Waals surface area contributed by atoms with E-state index in [4.69, 9.17) is 0 Å². The van der Waals surface area contributed by atoms with E-state index in [-0.39, 0.29) is 12.6 Å². The second-order valence-corrected chi connectivity index (χ2v) is 11.7. The Morgan fingerprint density at radius 3 is 2.71 bits per heavy atom. The van der Waals surface area contributed by atoms with Crippen molar-refractivity contribution in [2.45, 2.75) is 58.0 Å². The smallest absolute Gasteiger partial charge is 0.255 e. The number of imidazole rings is 1. The van der Waals surface area contributed by atoms with Crippen molar-refractivity contribution >= 4 is 39.9 Å². The molecule has 216 valence electrons. The first kappa shape index (κ1) is 28.7. The second-order valence-electron chi connectivity index (χ2n) is 10.8. The number of fused-ring (bicyclic) bond motifs is 1. The van der Waals surface area contributed by atoms with E-state index in [1.165, 1.54) is 11.3 Å². The van der Waals surface area contributed by atoms with Crippen molar-refractivity contribution in [2.75, 3.05) is 25.5 Å². The number of aliphatic hydroxyl groups is 2. The molecule has 1 aliphatic heterocycles. The molecular weight excluding hydrogens is 540 g/mol. The van der Waals surface area contributed by atoms with Crippen LogP contribution in [0, 0.1) is 13.8 Å². The summed E-state index contributed by atoms with van der Waals surface area (Å²) >= 11 is 1.39. The Morgan fingerprint density at radius 2 is 1.93 bits per heavy atom. The van der Waals surface area contributed by atoms with Gasteiger partial charge in [-0.05, 0) is 62.1 Å².